The molecule has 0 aliphatic heterocycles. The van der Waals surface area contributed by atoms with Crippen molar-refractivity contribution >= 4 is 5.97 Å². The molecule has 0 saturated heterocycles. The van der Waals surface area contributed by atoms with Gasteiger partial charge in [-0.05, 0) is 12.6 Å². The average Bonchev–Trinajstić information content (AvgIpc) is 2.92. The van der Waals surface area contributed by atoms with Gasteiger partial charge in [0.15, 0.2) is 5.54 Å². The Balaban J connectivity index is 2.46. The fourth-order valence-corrected chi connectivity index (χ4v) is 2.39. The van der Waals surface area contributed by atoms with E-state index in [1.165, 1.54) is 0 Å². The quantitative estimate of drug-likeness (QED) is 0.839. The molecule has 0 spiro atoms. The van der Waals surface area contributed by atoms with E-state index in [0.29, 0.717) is 6.54 Å². The summed E-state index contributed by atoms with van der Waals surface area (Å²) in [6, 6.07) is 9.22. The first kappa shape index (κ1) is 14.3. The smallest absolute Gasteiger partial charge is 0.330 e. The predicted molar refractivity (Wildman–Crippen MR) is 76.4 cm³/mol. The number of imidazole rings is 1. The molecule has 0 aliphatic carbocycles. The Hall–Kier alpha value is -2.14. The minimum atomic E-state index is -1.16. The van der Waals surface area contributed by atoms with Crippen molar-refractivity contribution in [2.24, 2.45) is 0 Å². The van der Waals surface area contributed by atoms with E-state index in [0.717, 1.165) is 17.8 Å². The van der Waals surface area contributed by atoms with Crippen molar-refractivity contribution < 1.29 is 9.90 Å². The molecule has 0 bridgehead atoms. The predicted octanol–water partition coefficient (Wildman–Crippen LogP) is 1.64. The van der Waals surface area contributed by atoms with Crippen LogP contribution in [0.4, 0.5) is 0 Å². The van der Waals surface area contributed by atoms with Crippen LogP contribution < -0.4 is 5.32 Å². The van der Waals surface area contributed by atoms with Crippen molar-refractivity contribution in [1.82, 2.24) is 14.9 Å². The monoisotopic (exact) mass is 273 g/mol. The fourth-order valence-electron chi connectivity index (χ4n) is 2.39. The van der Waals surface area contributed by atoms with Crippen molar-refractivity contribution in [3.05, 3.63) is 54.1 Å². The molecule has 1 aromatic carbocycles. The van der Waals surface area contributed by atoms with Crippen LogP contribution >= 0.6 is 0 Å². The summed E-state index contributed by atoms with van der Waals surface area (Å²) in [7, 11) is 1.67. The molecular formula is C15H19N3O2. The van der Waals surface area contributed by atoms with E-state index in [1.807, 2.05) is 48.0 Å². The number of hydrogen-bond donors (Lipinski definition) is 2. The third kappa shape index (κ3) is 2.44. The largest absolute Gasteiger partial charge is 0.480 e. The number of nitrogens with one attached hydrogen (secondary N) is 1. The maximum atomic E-state index is 11.9. The highest BCUT2D eigenvalue weighted by atomic mass is 16.4. The summed E-state index contributed by atoms with van der Waals surface area (Å²) in [6.07, 6.45) is 4.28. The number of nitrogens with zero attached hydrogens (tertiary/aromatic N) is 2. The summed E-state index contributed by atoms with van der Waals surface area (Å²) in [5, 5.41) is 12.7. The van der Waals surface area contributed by atoms with Crippen molar-refractivity contribution in [3.8, 4) is 0 Å². The Morgan fingerprint density at radius 2 is 2.10 bits per heavy atom. The molecule has 0 aliphatic rings. The zero-order valence-corrected chi connectivity index (χ0v) is 11.7. The van der Waals surface area contributed by atoms with Crippen LogP contribution in [-0.2, 0) is 23.3 Å². The second-order valence-corrected chi connectivity index (χ2v) is 4.65. The summed E-state index contributed by atoms with van der Waals surface area (Å²) in [5.41, 5.74) is -0.433. The zero-order chi connectivity index (χ0) is 14.6. The molecule has 2 aromatic rings. The van der Waals surface area contributed by atoms with Gasteiger partial charge in [0.05, 0.1) is 6.54 Å². The van der Waals surface area contributed by atoms with E-state index >= 15 is 0 Å². The Morgan fingerprint density at radius 1 is 1.40 bits per heavy atom. The summed E-state index contributed by atoms with van der Waals surface area (Å²) in [6.45, 7) is 2.30. The lowest BCUT2D eigenvalue weighted by Gasteiger charge is -2.30. The first-order chi connectivity index (χ1) is 9.64. The number of carboxylic acid groups (broad SMARTS) is 1. The van der Waals surface area contributed by atoms with E-state index in [-0.39, 0.29) is 0 Å². The van der Waals surface area contributed by atoms with Crippen LogP contribution in [0.5, 0.6) is 0 Å². The topological polar surface area (TPSA) is 67.2 Å². The third-order valence-electron chi connectivity index (χ3n) is 3.58. The van der Waals surface area contributed by atoms with Gasteiger partial charge in [-0.2, -0.15) is 0 Å². The molecule has 0 fully saturated rings. The summed E-state index contributed by atoms with van der Waals surface area (Å²) in [4.78, 5) is 16.1. The highest BCUT2D eigenvalue weighted by molar-refractivity contribution is 5.80. The fraction of sp³-hybridized carbons (Fsp3) is 0.333. The maximum absolute atomic E-state index is 11.9. The van der Waals surface area contributed by atoms with Crippen molar-refractivity contribution in [2.45, 2.75) is 25.4 Å². The van der Waals surface area contributed by atoms with Crippen molar-refractivity contribution in [1.29, 1.82) is 0 Å². The van der Waals surface area contributed by atoms with Gasteiger partial charge in [-0.15, -0.1) is 0 Å². The number of rotatable bonds is 6. The minimum Gasteiger partial charge on any atom is -0.480 e. The number of aryl methyl sites for hydroxylation is 1. The Labute approximate surface area is 118 Å². The van der Waals surface area contributed by atoms with Gasteiger partial charge in [-0.3, -0.25) is 5.32 Å². The van der Waals surface area contributed by atoms with Crippen molar-refractivity contribution in [3.63, 3.8) is 0 Å². The summed E-state index contributed by atoms with van der Waals surface area (Å²) in [5.74, 6) is -0.0243. The van der Waals surface area contributed by atoms with E-state index in [2.05, 4.69) is 10.3 Å². The first-order valence-corrected chi connectivity index (χ1v) is 6.62. The molecular weight excluding hydrogens is 254 g/mol. The van der Waals surface area contributed by atoms with Crippen LogP contribution in [0.15, 0.2) is 42.7 Å². The number of aromatic nitrogens is 2. The van der Waals surface area contributed by atoms with Crippen LogP contribution in [0.1, 0.15) is 18.3 Å². The second kappa shape index (κ2) is 5.88. The second-order valence-electron chi connectivity index (χ2n) is 4.65. The normalized spacial score (nSPS) is 13.9. The lowest BCUT2D eigenvalue weighted by molar-refractivity contribution is -0.145. The molecule has 106 valence electrons. The van der Waals surface area contributed by atoms with E-state index in [9.17, 15) is 9.90 Å². The Bertz CT molecular complexity index is 580. The van der Waals surface area contributed by atoms with Gasteiger partial charge < -0.3 is 9.67 Å². The van der Waals surface area contributed by atoms with Gasteiger partial charge in [0.25, 0.3) is 0 Å². The highest BCUT2D eigenvalue weighted by Gasteiger charge is 2.39. The number of aliphatic carboxylic acids is 1. The first-order valence-electron chi connectivity index (χ1n) is 6.62. The Kier molecular flexibility index (Phi) is 4.20. The van der Waals surface area contributed by atoms with E-state index in [4.69, 9.17) is 0 Å². The molecule has 2 N–H and O–H groups in total. The molecule has 5 nitrogen and oxygen atoms in total. The zero-order valence-electron chi connectivity index (χ0n) is 11.7. The van der Waals surface area contributed by atoms with Gasteiger partial charge in [0.2, 0.25) is 0 Å². The average molecular weight is 273 g/mol. The highest BCUT2D eigenvalue weighted by Crippen LogP contribution is 2.24. The van der Waals surface area contributed by atoms with E-state index < -0.39 is 11.5 Å². The molecule has 5 heteroatoms. The number of likely N-dealkylation sites (N-methyl/N-ethyl adjacent to an activating group) is 1. The third-order valence-corrected chi connectivity index (χ3v) is 3.58. The van der Waals surface area contributed by atoms with Gasteiger partial charge in [-0.25, -0.2) is 9.78 Å². The van der Waals surface area contributed by atoms with Gasteiger partial charge in [0, 0.05) is 18.8 Å². The Morgan fingerprint density at radius 3 is 2.65 bits per heavy atom. The van der Waals surface area contributed by atoms with Gasteiger partial charge >= 0.3 is 5.97 Å². The van der Waals surface area contributed by atoms with Crippen LogP contribution in [0.3, 0.4) is 0 Å². The summed E-state index contributed by atoms with van der Waals surface area (Å²) >= 11 is 0. The molecule has 1 aromatic heterocycles. The lowest BCUT2D eigenvalue weighted by atomic mass is 9.89. The molecule has 20 heavy (non-hydrogen) atoms. The summed E-state index contributed by atoms with van der Waals surface area (Å²) < 4.78 is 1.89. The number of benzene rings is 1. The van der Waals surface area contributed by atoms with Crippen LogP contribution in [0.2, 0.25) is 0 Å². The van der Waals surface area contributed by atoms with E-state index in [1.54, 1.807) is 13.2 Å². The van der Waals surface area contributed by atoms with Crippen LogP contribution in [0.25, 0.3) is 0 Å². The number of carboxylic acids is 1. The van der Waals surface area contributed by atoms with Crippen LogP contribution in [-0.4, -0.2) is 27.7 Å². The minimum absolute atomic E-state index is 0.298. The number of carbonyl (C=O) groups is 1. The molecule has 0 amide bonds. The van der Waals surface area contributed by atoms with Gasteiger partial charge in [-0.1, -0.05) is 37.3 Å². The SMILES string of the molecule is CCc1nccn1CC(NC)(C(=O)O)c1ccccc1. The molecule has 1 heterocycles. The number of hydrogen-bond acceptors (Lipinski definition) is 3. The molecule has 2 rings (SSSR count). The maximum Gasteiger partial charge on any atom is 0.330 e. The van der Waals surface area contributed by atoms with Crippen molar-refractivity contribution in [2.75, 3.05) is 7.05 Å². The standard InChI is InChI=1S/C15H19N3O2/c1-3-13-17-9-10-18(13)11-15(16-2,14(19)20)12-7-5-4-6-8-12/h4-10,16H,3,11H2,1-2H3,(H,19,20). The van der Waals surface area contributed by atoms with Crippen LogP contribution in [0, 0.1) is 0 Å². The lowest BCUT2D eigenvalue weighted by Crippen LogP contribution is -2.50. The molecule has 0 radical (unpaired) electrons. The van der Waals surface area contributed by atoms with Gasteiger partial charge in [0.1, 0.15) is 5.82 Å². The molecule has 0 saturated carbocycles. The molecule has 1 unspecified atom stereocenters. The molecule has 1 atom stereocenters.